The van der Waals surface area contributed by atoms with Gasteiger partial charge in [0.25, 0.3) is 5.91 Å². The second-order valence-corrected chi connectivity index (χ2v) is 7.07. The molecule has 2 N–H and O–H groups in total. The zero-order valence-electron chi connectivity index (χ0n) is 10.8. The Morgan fingerprint density at radius 1 is 1.29 bits per heavy atom. The monoisotopic (exact) mass is 309 g/mol. The van der Waals surface area contributed by atoms with Crippen molar-refractivity contribution in [3.63, 3.8) is 0 Å². The maximum atomic E-state index is 12.8. The molecule has 1 aliphatic heterocycles. The summed E-state index contributed by atoms with van der Waals surface area (Å²) in [6.45, 7) is 0. The number of nitrogens with zero attached hydrogens (tertiary/aromatic N) is 1. The topological polar surface area (TPSA) is 91.9 Å². The highest BCUT2D eigenvalue weighted by Crippen LogP contribution is 2.18. The quantitative estimate of drug-likeness (QED) is 0.875. The molecule has 2 heterocycles. The molecular weight excluding hydrogens is 297 g/mol. The molecule has 0 atom stereocenters. The Morgan fingerprint density at radius 3 is 2.57 bits per heavy atom. The lowest BCUT2D eigenvalue weighted by Gasteiger charge is -2.26. The molecule has 6 nitrogen and oxygen atoms in total. The van der Waals surface area contributed by atoms with Crippen molar-refractivity contribution in [2.75, 3.05) is 11.5 Å². The Bertz CT molecular complexity index is 771. The molecule has 3 rings (SSSR count). The van der Waals surface area contributed by atoms with Crippen LogP contribution in [-0.4, -0.2) is 42.1 Å². The van der Waals surface area contributed by atoms with Crippen LogP contribution in [0.5, 0.6) is 0 Å². The first-order valence-electron chi connectivity index (χ1n) is 6.25. The number of aromatic nitrogens is 2. The number of H-pyrrole nitrogens is 1. The maximum Gasteiger partial charge on any atom is 0.269 e. The second-order valence-electron chi connectivity index (χ2n) is 4.92. The van der Waals surface area contributed by atoms with Gasteiger partial charge < -0.3 is 5.32 Å². The van der Waals surface area contributed by atoms with E-state index in [4.69, 9.17) is 0 Å². The van der Waals surface area contributed by atoms with Gasteiger partial charge in [-0.1, -0.05) is 0 Å². The van der Waals surface area contributed by atoms with Crippen molar-refractivity contribution in [1.82, 2.24) is 15.5 Å². The van der Waals surface area contributed by atoms with E-state index in [1.165, 1.54) is 18.2 Å². The van der Waals surface area contributed by atoms with Crippen LogP contribution in [-0.2, 0) is 9.84 Å². The van der Waals surface area contributed by atoms with Crippen LogP contribution >= 0.6 is 0 Å². The largest absolute Gasteiger partial charge is 0.346 e. The summed E-state index contributed by atoms with van der Waals surface area (Å²) in [5, 5.41) is 9.19. The van der Waals surface area contributed by atoms with E-state index in [1.807, 2.05) is 0 Å². The van der Waals surface area contributed by atoms with Gasteiger partial charge in [-0.25, -0.2) is 12.8 Å². The Hall–Kier alpha value is -2.22. The van der Waals surface area contributed by atoms with E-state index in [2.05, 4.69) is 15.5 Å². The number of benzene rings is 1. The van der Waals surface area contributed by atoms with Gasteiger partial charge in [-0.2, -0.15) is 5.10 Å². The predicted molar refractivity (Wildman–Crippen MR) is 73.9 cm³/mol. The minimum Gasteiger partial charge on any atom is -0.346 e. The van der Waals surface area contributed by atoms with Crippen molar-refractivity contribution in [1.29, 1.82) is 0 Å². The lowest BCUT2D eigenvalue weighted by atomic mass is 10.1. The average molecular weight is 309 g/mol. The molecule has 110 valence electrons. The highest BCUT2D eigenvalue weighted by atomic mass is 32.2. The summed E-state index contributed by atoms with van der Waals surface area (Å²) >= 11 is 0. The Labute approximate surface area is 120 Å². The molecular formula is C13H12FN3O3S. The van der Waals surface area contributed by atoms with Crippen LogP contribution in [0.1, 0.15) is 10.5 Å². The predicted octanol–water partition coefficient (Wildman–Crippen LogP) is 0.743. The molecule has 0 unspecified atom stereocenters. The van der Waals surface area contributed by atoms with Crippen LogP contribution in [0.15, 0.2) is 30.3 Å². The average Bonchev–Trinajstić information content (AvgIpc) is 2.87. The van der Waals surface area contributed by atoms with Crippen molar-refractivity contribution in [2.45, 2.75) is 6.04 Å². The summed E-state index contributed by atoms with van der Waals surface area (Å²) in [6, 6.07) is 6.93. The highest BCUT2D eigenvalue weighted by Gasteiger charge is 2.34. The third kappa shape index (κ3) is 2.94. The van der Waals surface area contributed by atoms with Crippen molar-refractivity contribution in [2.24, 2.45) is 0 Å². The number of hydrogen-bond acceptors (Lipinski definition) is 4. The van der Waals surface area contributed by atoms with E-state index in [0.29, 0.717) is 11.3 Å². The number of rotatable bonds is 3. The summed E-state index contributed by atoms with van der Waals surface area (Å²) in [6.07, 6.45) is 0. The van der Waals surface area contributed by atoms with Gasteiger partial charge >= 0.3 is 0 Å². The fourth-order valence-corrected chi connectivity index (χ4v) is 3.41. The van der Waals surface area contributed by atoms with E-state index in [0.717, 1.165) is 0 Å². The van der Waals surface area contributed by atoms with Gasteiger partial charge in [-0.15, -0.1) is 0 Å². The maximum absolute atomic E-state index is 12.8. The lowest BCUT2D eigenvalue weighted by Crippen LogP contribution is -2.53. The van der Waals surface area contributed by atoms with Crippen LogP contribution < -0.4 is 5.32 Å². The third-order valence-corrected chi connectivity index (χ3v) is 5.03. The first kappa shape index (κ1) is 13.7. The van der Waals surface area contributed by atoms with Crippen LogP contribution in [0.3, 0.4) is 0 Å². The van der Waals surface area contributed by atoms with Gasteiger partial charge in [0.1, 0.15) is 11.5 Å². The molecule has 1 aromatic carbocycles. The number of sulfone groups is 1. The van der Waals surface area contributed by atoms with E-state index in [1.54, 1.807) is 12.1 Å². The van der Waals surface area contributed by atoms with Crippen molar-refractivity contribution in [3.8, 4) is 11.3 Å². The first-order valence-corrected chi connectivity index (χ1v) is 8.08. The number of hydrogen-bond donors (Lipinski definition) is 2. The minimum absolute atomic E-state index is 0.0301. The van der Waals surface area contributed by atoms with Crippen LogP contribution in [0.25, 0.3) is 11.3 Å². The number of amides is 1. The molecule has 2 aromatic rings. The first-order chi connectivity index (χ1) is 9.93. The van der Waals surface area contributed by atoms with Crippen LogP contribution in [0, 0.1) is 5.82 Å². The van der Waals surface area contributed by atoms with Gasteiger partial charge in [-0.05, 0) is 30.3 Å². The smallest absolute Gasteiger partial charge is 0.269 e. The molecule has 1 saturated heterocycles. The van der Waals surface area contributed by atoms with Crippen LogP contribution in [0.2, 0.25) is 0 Å². The van der Waals surface area contributed by atoms with Crippen molar-refractivity contribution in [3.05, 3.63) is 41.8 Å². The molecule has 0 radical (unpaired) electrons. The third-order valence-electron chi connectivity index (χ3n) is 3.21. The molecule has 8 heteroatoms. The summed E-state index contributed by atoms with van der Waals surface area (Å²) in [7, 11) is -2.98. The molecule has 1 fully saturated rings. The summed E-state index contributed by atoms with van der Waals surface area (Å²) in [5.74, 6) is -0.815. The molecule has 0 spiro atoms. The fraction of sp³-hybridized carbons (Fsp3) is 0.231. The van der Waals surface area contributed by atoms with E-state index in [9.17, 15) is 17.6 Å². The van der Waals surface area contributed by atoms with E-state index in [-0.39, 0.29) is 29.1 Å². The standard InChI is InChI=1S/C13H12FN3O3S/c14-9-3-1-8(2-4-9)11-5-12(17-16-11)13(18)15-10-6-21(19,20)7-10/h1-5,10H,6-7H2,(H,15,18)(H,16,17). The summed E-state index contributed by atoms with van der Waals surface area (Å²) in [5.41, 5.74) is 1.43. The second kappa shape index (κ2) is 4.96. The molecule has 21 heavy (non-hydrogen) atoms. The zero-order chi connectivity index (χ0) is 15.0. The SMILES string of the molecule is O=C(NC1CS(=O)(=O)C1)c1cc(-c2ccc(F)cc2)n[nH]1. The molecule has 0 saturated carbocycles. The number of aromatic amines is 1. The molecule has 0 aliphatic carbocycles. The Kier molecular flexibility index (Phi) is 3.25. The van der Waals surface area contributed by atoms with Gasteiger partial charge in [-0.3, -0.25) is 9.89 Å². The number of carbonyl (C=O) groups excluding carboxylic acids is 1. The van der Waals surface area contributed by atoms with Crippen LogP contribution in [0.4, 0.5) is 4.39 Å². The Balaban J connectivity index is 1.70. The number of carbonyl (C=O) groups is 1. The van der Waals surface area contributed by atoms with Crippen molar-refractivity contribution < 1.29 is 17.6 Å². The fourth-order valence-electron chi connectivity index (χ4n) is 2.12. The van der Waals surface area contributed by atoms with Gasteiger partial charge in [0, 0.05) is 5.56 Å². The number of nitrogens with one attached hydrogen (secondary N) is 2. The normalized spacial score (nSPS) is 17.2. The summed E-state index contributed by atoms with van der Waals surface area (Å²) in [4.78, 5) is 11.9. The van der Waals surface area contributed by atoms with Gasteiger partial charge in [0.15, 0.2) is 9.84 Å². The molecule has 0 bridgehead atoms. The van der Waals surface area contributed by atoms with Gasteiger partial charge in [0.2, 0.25) is 0 Å². The van der Waals surface area contributed by atoms with Crippen molar-refractivity contribution >= 4 is 15.7 Å². The molecule has 1 aliphatic rings. The zero-order valence-corrected chi connectivity index (χ0v) is 11.7. The molecule has 1 aromatic heterocycles. The Morgan fingerprint density at radius 2 is 1.95 bits per heavy atom. The molecule has 1 amide bonds. The van der Waals surface area contributed by atoms with Gasteiger partial charge in [0.05, 0.1) is 23.2 Å². The minimum atomic E-state index is -2.98. The van der Waals surface area contributed by atoms with E-state index < -0.39 is 15.7 Å². The lowest BCUT2D eigenvalue weighted by molar-refractivity contribution is 0.0937. The highest BCUT2D eigenvalue weighted by molar-refractivity contribution is 7.92. The number of halogens is 1. The summed E-state index contributed by atoms with van der Waals surface area (Å²) < 4.78 is 34.9. The van der Waals surface area contributed by atoms with E-state index >= 15 is 0 Å².